The second kappa shape index (κ2) is 7.45. The minimum Gasteiger partial charge on any atom is -0.496 e. The lowest BCUT2D eigenvalue weighted by Gasteiger charge is -2.19. The second-order valence-corrected chi connectivity index (χ2v) is 5.49. The minimum atomic E-state index is -0.0264. The zero-order valence-electron chi connectivity index (χ0n) is 12.1. The lowest BCUT2D eigenvalue weighted by atomic mass is 9.98. The SMILES string of the molecule is COc1ccc(CC(NN)c2ccccc2OC)cc1Br. The van der Waals surface area contributed by atoms with Crippen LogP contribution in [0.4, 0.5) is 0 Å². The molecule has 0 saturated carbocycles. The molecule has 3 N–H and O–H groups in total. The summed E-state index contributed by atoms with van der Waals surface area (Å²) in [5, 5.41) is 0. The molecule has 2 aromatic rings. The van der Waals surface area contributed by atoms with E-state index in [1.807, 2.05) is 42.5 Å². The van der Waals surface area contributed by atoms with Crippen molar-refractivity contribution in [1.29, 1.82) is 0 Å². The van der Waals surface area contributed by atoms with E-state index < -0.39 is 0 Å². The Labute approximate surface area is 133 Å². The van der Waals surface area contributed by atoms with Crippen LogP contribution in [0, 0.1) is 0 Å². The van der Waals surface area contributed by atoms with E-state index in [0.717, 1.165) is 33.5 Å². The smallest absolute Gasteiger partial charge is 0.133 e. The Bertz CT molecular complexity index is 605. The molecule has 4 nitrogen and oxygen atoms in total. The Kier molecular flexibility index (Phi) is 5.61. The van der Waals surface area contributed by atoms with Crippen LogP contribution < -0.4 is 20.7 Å². The van der Waals surface area contributed by atoms with Crippen molar-refractivity contribution in [3.05, 3.63) is 58.1 Å². The number of nitrogens with two attached hydrogens (primary N) is 1. The predicted molar refractivity (Wildman–Crippen MR) is 87.5 cm³/mol. The molecule has 2 rings (SSSR count). The predicted octanol–water partition coefficient (Wildman–Crippen LogP) is 3.21. The van der Waals surface area contributed by atoms with Crippen LogP contribution in [0.3, 0.4) is 0 Å². The van der Waals surface area contributed by atoms with Crippen LogP contribution >= 0.6 is 15.9 Å². The molecule has 0 radical (unpaired) electrons. The van der Waals surface area contributed by atoms with Crippen molar-refractivity contribution in [2.24, 2.45) is 5.84 Å². The van der Waals surface area contributed by atoms with Gasteiger partial charge in [-0.3, -0.25) is 11.3 Å². The van der Waals surface area contributed by atoms with Gasteiger partial charge >= 0.3 is 0 Å². The number of benzene rings is 2. The van der Waals surface area contributed by atoms with Crippen LogP contribution in [0.1, 0.15) is 17.2 Å². The number of para-hydroxylation sites is 1. The standard InChI is InChI=1S/C16H19BrN2O2/c1-20-15-6-4-3-5-12(15)14(19-18)10-11-7-8-16(21-2)13(17)9-11/h3-9,14,19H,10,18H2,1-2H3. The molecular weight excluding hydrogens is 332 g/mol. The first-order valence-electron chi connectivity index (χ1n) is 6.61. The maximum atomic E-state index is 5.73. The molecule has 1 unspecified atom stereocenters. The largest absolute Gasteiger partial charge is 0.496 e. The van der Waals surface area contributed by atoms with Gasteiger partial charge in [0.05, 0.1) is 24.7 Å². The first kappa shape index (κ1) is 15.8. The van der Waals surface area contributed by atoms with Gasteiger partial charge in [-0.2, -0.15) is 0 Å². The first-order chi connectivity index (χ1) is 10.2. The number of methoxy groups -OCH3 is 2. The highest BCUT2D eigenvalue weighted by Crippen LogP contribution is 2.30. The Morgan fingerprint density at radius 3 is 2.43 bits per heavy atom. The summed E-state index contributed by atoms with van der Waals surface area (Å²) < 4.78 is 11.6. The molecule has 0 aliphatic carbocycles. The van der Waals surface area contributed by atoms with Crippen LogP contribution in [-0.2, 0) is 6.42 Å². The molecule has 0 heterocycles. The molecule has 2 aromatic carbocycles. The van der Waals surface area contributed by atoms with E-state index in [4.69, 9.17) is 15.3 Å². The molecule has 0 saturated heterocycles. The molecule has 0 spiro atoms. The quantitative estimate of drug-likeness (QED) is 0.620. The Balaban J connectivity index is 2.25. The third-order valence-electron chi connectivity index (χ3n) is 3.37. The normalized spacial score (nSPS) is 12.0. The van der Waals surface area contributed by atoms with Gasteiger partial charge in [-0.05, 0) is 46.1 Å². The van der Waals surface area contributed by atoms with Crippen molar-refractivity contribution in [3.8, 4) is 11.5 Å². The molecule has 0 aliphatic heterocycles. The van der Waals surface area contributed by atoms with Crippen molar-refractivity contribution in [1.82, 2.24) is 5.43 Å². The summed E-state index contributed by atoms with van der Waals surface area (Å²) in [5.74, 6) is 7.37. The first-order valence-corrected chi connectivity index (χ1v) is 7.40. The van der Waals surface area contributed by atoms with Crippen molar-refractivity contribution in [2.75, 3.05) is 14.2 Å². The molecular formula is C16H19BrN2O2. The fourth-order valence-corrected chi connectivity index (χ4v) is 2.87. The average Bonchev–Trinajstić information content (AvgIpc) is 2.52. The van der Waals surface area contributed by atoms with Gasteiger partial charge in [0.1, 0.15) is 11.5 Å². The molecule has 0 bridgehead atoms. The van der Waals surface area contributed by atoms with E-state index in [1.165, 1.54) is 0 Å². The third-order valence-corrected chi connectivity index (χ3v) is 3.99. The van der Waals surface area contributed by atoms with Gasteiger partial charge in [0.25, 0.3) is 0 Å². The van der Waals surface area contributed by atoms with E-state index in [1.54, 1.807) is 14.2 Å². The molecule has 112 valence electrons. The lowest BCUT2D eigenvalue weighted by molar-refractivity contribution is 0.399. The van der Waals surface area contributed by atoms with Crippen molar-refractivity contribution >= 4 is 15.9 Å². The fraction of sp³-hybridized carbons (Fsp3) is 0.250. The van der Waals surface area contributed by atoms with E-state index in [2.05, 4.69) is 21.4 Å². The van der Waals surface area contributed by atoms with Crippen LogP contribution in [0.2, 0.25) is 0 Å². The van der Waals surface area contributed by atoms with Gasteiger partial charge in [-0.1, -0.05) is 24.3 Å². The number of hydrazine groups is 1. The molecule has 0 aliphatic rings. The van der Waals surface area contributed by atoms with E-state index in [0.29, 0.717) is 0 Å². The van der Waals surface area contributed by atoms with Crippen molar-refractivity contribution in [3.63, 3.8) is 0 Å². The van der Waals surface area contributed by atoms with E-state index in [9.17, 15) is 0 Å². The van der Waals surface area contributed by atoms with E-state index in [-0.39, 0.29) is 6.04 Å². The van der Waals surface area contributed by atoms with Gasteiger partial charge in [-0.25, -0.2) is 0 Å². The second-order valence-electron chi connectivity index (χ2n) is 4.63. The Hall–Kier alpha value is -1.56. The highest BCUT2D eigenvalue weighted by atomic mass is 79.9. The molecule has 21 heavy (non-hydrogen) atoms. The van der Waals surface area contributed by atoms with Gasteiger partial charge in [0, 0.05) is 5.56 Å². The summed E-state index contributed by atoms with van der Waals surface area (Å²) >= 11 is 3.50. The number of halogens is 1. The van der Waals surface area contributed by atoms with Crippen LogP contribution in [0.15, 0.2) is 46.9 Å². The van der Waals surface area contributed by atoms with E-state index >= 15 is 0 Å². The van der Waals surface area contributed by atoms with Gasteiger partial charge in [-0.15, -0.1) is 0 Å². The molecule has 1 atom stereocenters. The van der Waals surface area contributed by atoms with Crippen LogP contribution in [0.5, 0.6) is 11.5 Å². The summed E-state index contributed by atoms with van der Waals surface area (Å²) in [6, 6.07) is 13.9. The molecule has 5 heteroatoms. The number of hydrogen-bond donors (Lipinski definition) is 2. The summed E-state index contributed by atoms with van der Waals surface area (Å²) in [5.41, 5.74) is 5.05. The maximum absolute atomic E-state index is 5.73. The highest BCUT2D eigenvalue weighted by Gasteiger charge is 2.15. The highest BCUT2D eigenvalue weighted by molar-refractivity contribution is 9.10. The van der Waals surface area contributed by atoms with Crippen LogP contribution in [0.25, 0.3) is 0 Å². The summed E-state index contributed by atoms with van der Waals surface area (Å²) in [7, 11) is 3.31. The lowest BCUT2D eigenvalue weighted by Crippen LogP contribution is -2.29. The molecule has 0 amide bonds. The van der Waals surface area contributed by atoms with Crippen LogP contribution in [-0.4, -0.2) is 14.2 Å². The number of hydrogen-bond acceptors (Lipinski definition) is 4. The van der Waals surface area contributed by atoms with Crippen molar-refractivity contribution < 1.29 is 9.47 Å². The summed E-state index contributed by atoms with van der Waals surface area (Å²) in [4.78, 5) is 0. The maximum Gasteiger partial charge on any atom is 0.133 e. The van der Waals surface area contributed by atoms with Gasteiger partial charge in [0.2, 0.25) is 0 Å². The third kappa shape index (κ3) is 3.75. The summed E-state index contributed by atoms with van der Waals surface area (Å²) in [6.45, 7) is 0. The average molecular weight is 351 g/mol. The number of ether oxygens (including phenoxy) is 2. The van der Waals surface area contributed by atoms with Gasteiger partial charge < -0.3 is 9.47 Å². The molecule has 0 aromatic heterocycles. The van der Waals surface area contributed by atoms with Crippen molar-refractivity contribution in [2.45, 2.75) is 12.5 Å². The zero-order chi connectivity index (χ0) is 15.2. The Morgan fingerprint density at radius 2 is 1.81 bits per heavy atom. The topological polar surface area (TPSA) is 56.5 Å². The number of rotatable bonds is 6. The minimum absolute atomic E-state index is 0.0264. The zero-order valence-corrected chi connectivity index (χ0v) is 13.7. The summed E-state index contributed by atoms with van der Waals surface area (Å²) in [6.07, 6.45) is 0.749. The Morgan fingerprint density at radius 1 is 1.10 bits per heavy atom. The monoisotopic (exact) mass is 350 g/mol. The fourth-order valence-electron chi connectivity index (χ4n) is 2.29. The van der Waals surface area contributed by atoms with Gasteiger partial charge in [0.15, 0.2) is 0 Å². The molecule has 0 fully saturated rings. The number of nitrogens with one attached hydrogen (secondary N) is 1.